The fourth-order valence-corrected chi connectivity index (χ4v) is 2.73. The van der Waals surface area contributed by atoms with Crippen molar-refractivity contribution in [3.05, 3.63) is 82.2 Å². The molecule has 3 aromatic rings. The number of benzene rings is 2. The predicted molar refractivity (Wildman–Crippen MR) is 105 cm³/mol. The van der Waals surface area contributed by atoms with Crippen molar-refractivity contribution in [2.24, 2.45) is 0 Å². The molecule has 0 aliphatic rings. The first kappa shape index (κ1) is 18.2. The Balaban J connectivity index is 1.53. The first-order valence-electron chi connectivity index (χ1n) is 7.97. The molecule has 2 aromatic carbocycles. The maximum atomic E-state index is 12.2. The van der Waals surface area contributed by atoms with E-state index < -0.39 is 0 Å². The summed E-state index contributed by atoms with van der Waals surface area (Å²) >= 11 is 11.9. The fourth-order valence-electron chi connectivity index (χ4n) is 2.33. The molecule has 7 heteroatoms. The molecule has 0 saturated heterocycles. The molecule has 132 valence electrons. The van der Waals surface area contributed by atoms with Crippen LogP contribution in [-0.4, -0.2) is 22.4 Å². The van der Waals surface area contributed by atoms with Gasteiger partial charge in [0.25, 0.3) is 5.91 Å². The van der Waals surface area contributed by atoms with Gasteiger partial charge in [-0.05, 0) is 42.3 Å². The van der Waals surface area contributed by atoms with Gasteiger partial charge in [0.1, 0.15) is 11.5 Å². The largest absolute Gasteiger partial charge is 0.368 e. The molecule has 3 rings (SSSR count). The molecular formula is C19H16Cl2N4O. The molecule has 0 atom stereocenters. The van der Waals surface area contributed by atoms with Gasteiger partial charge in [0.2, 0.25) is 0 Å². The van der Waals surface area contributed by atoms with Crippen LogP contribution in [0.15, 0.2) is 60.9 Å². The Morgan fingerprint density at radius 2 is 1.73 bits per heavy atom. The number of rotatable bonds is 6. The van der Waals surface area contributed by atoms with E-state index in [-0.39, 0.29) is 11.6 Å². The van der Waals surface area contributed by atoms with Crippen molar-refractivity contribution in [3.63, 3.8) is 0 Å². The third kappa shape index (κ3) is 5.18. The number of halogens is 2. The van der Waals surface area contributed by atoms with Crippen LogP contribution in [0.2, 0.25) is 10.0 Å². The second kappa shape index (κ2) is 8.65. The van der Waals surface area contributed by atoms with Gasteiger partial charge in [-0.2, -0.15) is 0 Å². The van der Waals surface area contributed by atoms with Crippen molar-refractivity contribution in [2.45, 2.75) is 6.42 Å². The van der Waals surface area contributed by atoms with Crippen molar-refractivity contribution in [1.82, 2.24) is 9.97 Å². The zero-order valence-corrected chi connectivity index (χ0v) is 15.3. The number of nitrogens with zero attached hydrogens (tertiary/aromatic N) is 2. The van der Waals surface area contributed by atoms with E-state index in [1.54, 1.807) is 24.3 Å². The van der Waals surface area contributed by atoms with Crippen LogP contribution in [0.5, 0.6) is 0 Å². The Morgan fingerprint density at radius 1 is 0.962 bits per heavy atom. The highest BCUT2D eigenvalue weighted by atomic mass is 35.5. The van der Waals surface area contributed by atoms with E-state index in [0.717, 1.165) is 17.0 Å². The lowest BCUT2D eigenvalue weighted by molar-refractivity contribution is 0.102. The number of carbonyl (C=O) groups is 1. The maximum absolute atomic E-state index is 12.2. The van der Waals surface area contributed by atoms with E-state index in [4.69, 9.17) is 23.2 Å². The summed E-state index contributed by atoms with van der Waals surface area (Å²) < 4.78 is 0. The Labute approximate surface area is 161 Å². The molecule has 26 heavy (non-hydrogen) atoms. The summed E-state index contributed by atoms with van der Waals surface area (Å²) in [5.41, 5.74) is 1.97. The van der Waals surface area contributed by atoms with E-state index in [1.807, 2.05) is 24.3 Å². The third-order valence-electron chi connectivity index (χ3n) is 3.58. The van der Waals surface area contributed by atoms with Crippen molar-refractivity contribution >= 4 is 40.6 Å². The Kier molecular flexibility index (Phi) is 6.04. The smallest absolute Gasteiger partial charge is 0.275 e. The molecule has 0 bridgehead atoms. The Hall–Kier alpha value is -2.63. The summed E-state index contributed by atoms with van der Waals surface area (Å²) in [6, 6.07) is 14.6. The van der Waals surface area contributed by atoms with Gasteiger partial charge in [0, 0.05) is 22.3 Å². The number of aromatic nitrogens is 2. The maximum Gasteiger partial charge on any atom is 0.275 e. The van der Waals surface area contributed by atoms with Crippen LogP contribution in [0.1, 0.15) is 16.1 Å². The predicted octanol–water partition coefficient (Wildman–Crippen LogP) is 4.69. The Morgan fingerprint density at radius 3 is 2.42 bits per heavy atom. The lowest BCUT2D eigenvalue weighted by Crippen LogP contribution is -2.15. The molecule has 0 fully saturated rings. The van der Waals surface area contributed by atoms with Crippen molar-refractivity contribution in [3.8, 4) is 0 Å². The fraction of sp³-hybridized carbons (Fsp3) is 0.105. The van der Waals surface area contributed by atoms with Crippen LogP contribution >= 0.6 is 23.2 Å². The summed E-state index contributed by atoms with van der Waals surface area (Å²) in [6.45, 7) is 0.684. The minimum absolute atomic E-state index is 0.227. The third-order valence-corrected chi connectivity index (χ3v) is 4.05. The monoisotopic (exact) mass is 386 g/mol. The second-order valence-corrected chi connectivity index (χ2v) is 6.43. The van der Waals surface area contributed by atoms with Gasteiger partial charge in [0.05, 0.1) is 12.4 Å². The number of anilines is 2. The van der Waals surface area contributed by atoms with Gasteiger partial charge in [-0.15, -0.1) is 0 Å². The van der Waals surface area contributed by atoms with Crippen molar-refractivity contribution in [1.29, 1.82) is 0 Å². The number of nitrogens with one attached hydrogen (secondary N) is 2. The number of carbonyl (C=O) groups excluding carboxylic acids is 1. The van der Waals surface area contributed by atoms with Gasteiger partial charge >= 0.3 is 0 Å². The summed E-state index contributed by atoms with van der Waals surface area (Å²) in [7, 11) is 0. The van der Waals surface area contributed by atoms with Crippen LogP contribution in [0, 0.1) is 0 Å². The zero-order valence-electron chi connectivity index (χ0n) is 13.7. The van der Waals surface area contributed by atoms with E-state index in [9.17, 15) is 4.79 Å². The van der Waals surface area contributed by atoms with Crippen LogP contribution in [0.3, 0.4) is 0 Å². The highest BCUT2D eigenvalue weighted by Crippen LogP contribution is 2.16. The average molecular weight is 387 g/mol. The van der Waals surface area contributed by atoms with E-state index in [2.05, 4.69) is 20.6 Å². The quantitative estimate of drug-likeness (QED) is 0.644. The minimum Gasteiger partial charge on any atom is -0.368 e. The molecule has 2 N–H and O–H groups in total. The first-order chi connectivity index (χ1) is 12.6. The van der Waals surface area contributed by atoms with Gasteiger partial charge in [-0.25, -0.2) is 9.97 Å². The summed E-state index contributed by atoms with van der Waals surface area (Å²) in [5.74, 6) is 0.261. The Bertz CT molecular complexity index is 900. The van der Waals surface area contributed by atoms with Crippen LogP contribution in [-0.2, 0) is 6.42 Å². The topological polar surface area (TPSA) is 66.9 Å². The molecule has 0 unspecified atom stereocenters. The average Bonchev–Trinajstić information content (AvgIpc) is 2.62. The highest BCUT2D eigenvalue weighted by molar-refractivity contribution is 6.31. The molecule has 1 aromatic heterocycles. The van der Waals surface area contributed by atoms with Crippen molar-refractivity contribution in [2.75, 3.05) is 17.2 Å². The van der Waals surface area contributed by atoms with Gasteiger partial charge < -0.3 is 10.6 Å². The van der Waals surface area contributed by atoms with Gasteiger partial charge in [0.15, 0.2) is 0 Å². The summed E-state index contributed by atoms with van der Waals surface area (Å²) in [5, 5.41) is 7.17. The standard InChI is InChI=1S/C19H16Cl2N4O/c20-14-4-1-3-13(9-14)7-8-22-18-12-23-17(11-24-18)19(26)25-16-6-2-5-15(21)10-16/h1-6,9-12H,7-8H2,(H,22,24)(H,25,26). The lowest BCUT2D eigenvalue weighted by atomic mass is 10.1. The molecule has 5 nitrogen and oxygen atoms in total. The zero-order chi connectivity index (χ0) is 18.4. The second-order valence-electron chi connectivity index (χ2n) is 5.56. The number of amides is 1. The molecule has 1 heterocycles. The first-order valence-corrected chi connectivity index (χ1v) is 8.73. The van der Waals surface area contributed by atoms with E-state index >= 15 is 0 Å². The molecular weight excluding hydrogens is 371 g/mol. The molecule has 1 amide bonds. The SMILES string of the molecule is O=C(Nc1cccc(Cl)c1)c1cnc(NCCc2cccc(Cl)c2)cn1. The lowest BCUT2D eigenvalue weighted by Gasteiger charge is -2.07. The van der Waals surface area contributed by atoms with Crippen LogP contribution in [0.4, 0.5) is 11.5 Å². The van der Waals surface area contributed by atoms with Gasteiger partial charge in [-0.3, -0.25) is 4.79 Å². The van der Waals surface area contributed by atoms with Gasteiger partial charge in [-0.1, -0.05) is 41.4 Å². The van der Waals surface area contributed by atoms with Crippen LogP contribution < -0.4 is 10.6 Å². The molecule has 0 saturated carbocycles. The summed E-state index contributed by atoms with van der Waals surface area (Å²) in [6.07, 6.45) is 3.77. The molecule has 0 radical (unpaired) electrons. The van der Waals surface area contributed by atoms with Crippen LogP contribution in [0.25, 0.3) is 0 Å². The molecule has 0 aliphatic heterocycles. The normalized spacial score (nSPS) is 10.4. The number of hydrogen-bond donors (Lipinski definition) is 2. The number of hydrogen-bond acceptors (Lipinski definition) is 4. The van der Waals surface area contributed by atoms with Crippen molar-refractivity contribution < 1.29 is 4.79 Å². The highest BCUT2D eigenvalue weighted by Gasteiger charge is 2.08. The molecule has 0 spiro atoms. The minimum atomic E-state index is -0.342. The van der Waals surface area contributed by atoms with E-state index in [0.29, 0.717) is 23.1 Å². The van der Waals surface area contributed by atoms with E-state index in [1.165, 1.54) is 12.4 Å². The summed E-state index contributed by atoms with van der Waals surface area (Å²) in [4.78, 5) is 20.5. The molecule has 0 aliphatic carbocycles.